The summed E-state index contributed by atoms with van der Waals surface area (Å²) < 4.78 is 30.1. The Kier molecular flexibility index (Phi) is 4.97. The van der Waals surface area contributed by atoms with Crippen molar-refractivity contribution in [1.82, 2.24) is 4.90 Å². The summed E-state index contributed by atoms with van der Waals surface area (Å²) in [5, 5.41) is 9.07. The Morgan fingerprint density at radius 3 is 2.62 bits per heavy atom. The molecule has 6 nitrogen and oxygen atoms in total. The zero-order chi connectivity index (χ0) is 15.5. The molecule has 1 aromatic rings. The Balaban J connectivity index is 2.15. The molecule has 0 aromatic heterocycles. The van der Waals surface area contributed by atoms with Gasteiger partial charge in [0.15, 0.2) is 9.84 Å². The first-order chi connectivity index (χ1) is 9.92. The van der Waals surface area contributed by atoms with Crippen LogP contribution in [0.15, 0.2) is 23.1 Å². The zero-order valence-corrected chi connectivity index (χ0v) is 12.7. The second-order valence-electron chi connectivity index (χ2n) is 5.01. The molecule has 0 unspecified atom stereocenters. The highest BCUT2D eigenvalue weighted by molar-refractivity contribution is 7.91. The van der Waals surface area contributed by atoms with Crippen LogP contribution in [0.2, 0.25) is 0 Å². The number of sulfone groups is 1. The first-order valence-electron chi connectivity index (χ1n) is 6.77. The number of ether oxygens (including phenoxy) is 1. The number of nitrogens with zero attached hydrogens (tertiary/aromatic N) is 1. The molecular formula is C14H19NO5S. The first kappa shape index (κ1) is 15.9. The van der Waals surface area contributed by atoms with Crippen LogP contribution >= 0.6 is 0 Å². The van der Waals surface area contributed by atoms with Crippen LogP contribution in [0, 0.1) is 6.92 Å². The Morgan fingerprint density at radius 2 is 2.00 bits per heavy atom. The van der Waals surface area contributed by atoms with Gasteiger partial charge in [0.05, 0.1) is 29.4 Å². The molecular weight excluding hydrogens is 294 g/mol. The van der Waals surface area contributed by atoms with Crippen LogP contribution in [0.4, 0.5) is 0 Å². The van der Waals surface area contributed by atoms with E-state index in [1.807, 2.05) is 4.90 Å². The number of carboxylic acids is 1. The fourth-order valence-corrected chi connectivity index (χ4v) is 3.95. The van der Waals surface area contributed by atoms with Crippen LogP contribution in [-0.4, -0.2) is 63.0 Å². The lowest BCUT2D eigenvalue weighted by atomic mass is 10.1. The van der Waals surface area contributed by atoms with Crippen molar-refractivity contribution in [3.8, 4) is 0 Å². The lowest BCUT2D eigenvalue weighted by Gasteiger charge is -2.26. The minimum absolute atomic E-state index is 0.0170. The van der Waals surface area contributed by atoms with Crippen LogP contribution in [-0.2, 0) is 14.6 Å². The Labute approximate surface area is 124 Å². The molecule has 0 amide bonds. The van der Waals surface area contributed by atoms with Crippen molar-refractivity contribution in [2.75, 3.05) is 38.6 Å². The van der Waals surface area contributed by atoms with E-state index in [9.17, 15) is 13.2 Å². The molecule has 0 saturated carbocycles. The number of aromatic carboxylic acids is 1. The lowest BCUT2D eigenvalue weighted by molar-refractivity contribution is 0.0408. The van der Waals surface area contributed by atoms with Crippen LogP contribution in [0.25, 0.3) is 0 Å². The normalized spacial score (nSPS) is 16.8. The van der Waals surface area contributed by atoms with E-state index in [1.54, 1.807) is 0 Å². The Morgan fingerprint density at radius 1 is 1.33 bits per heavy atom. The Hall–Kier alpha value is -1.44. The SMILES string of the molecule is Cc1c(C(=O)O)cccc1S(=O)(=O)CCN1CCOCC1. The van der Waals surface area contributed by atoms with Gasteiger partial charge in [0.2, 0.25) is 0 Å². The van der Waals surface area contributed by atoms with Crippen molar-refractivity contribution in [2.45, 2.75) is 11.8 Å². The topological polar surface area (TPSA) is 83.9 Å². The number of carboxylic acid groups (broad SMARTS) is 1. The smallest absolute Gasteiger partial charge is 0.335 e. The van der Waals surface area contributed by atoms with Crippen molar-refractivity contribution >= 4 is 15.8 Å². The Bertz CT molecular complexity index is 620. The predicted molar refractivity (Wildman–Crippen MR) is 77.5 cm³/mol. The molecule has 116 valence electrons. The van der Waals surface area contributed by atoms with Crippen LogP contribution in [0.3, 0.4) is 0 Å². The average molecular weight is 313 g/mol. The molecule has 1 N–H and O–H groups in total. The first-order valence-corrected chi connectivity index (χ1v) is 8.43. The molecule has 1 heterocycles. The summed E-state index contributed by atoms with van der Waals surface area (Å²) in [6.07, 6.45) is 0. The second-order valence-corrected chi connectivity index (χ2v) is 7.08. The van der Waals surface area contributed by atoms with Gasteiger partial charge in [-0.25, -0.2) is 13.2 Å². The molecule has 0 spiro atoms. The number of hydrogen-bond acceptors (Lipinski definition) is 5. The van der Waals surface area contributed by atoms with E-state index in [-0.39, 0.29) is 16.2 Å². The van der Waals surface area contributed by atoms with Gasteiger partial charge in [-0.2, -0.15) is 0 Å². The fourth-order valence-electron chi connectivity index (χ4n) is 2.37. The maximum atomic E-state index is 12.4. The summed E-state index contributed by atoms with van der Waals surface area (Å²) in [6.45, 7) is 4.65. The van der Waals surface area contributed by atoms with Gasteiger partial charge in [0.1, 0.15) is 0 Å². The minimum Gasteiger partial charge on any atom is -0.478 e. The standard InChI is InChI=1S/C14H19NO5S/c1-11-12(14(16)17)3-2-4-13(11)21(18,19)10-7-15-5-8-20-9-6-15/h2-4H,5-10H2,1H3,(H,16,17). The van der Waals surface area contributed by atoms with Crippen molar-refractivity contribution in [3.05, 3.63) is 29.3 Å². The van der Waals surface area contributed by atoms with Gasteiger partial charge in [-0.15, -0.1) is 0 Å². The maximum Gasteiger partial charge on any atom is 0.335 e. The number of hydrogen-bond donors (Lipinski definition) is 1. The molecule has 0 aliphatic carbocycles. The van der Waals surface area contributed by atoms with E-state index < -0.39 is 15.8 Å². The summed E-state index contributed by atoms with van der Waals surface area (Å²) in [5.74, 6) is -1.13. The van der Waals surface area contributed by atoms with E-state index in [0.29, 0.717) is 25.3 Å². The molecule has 1 aromatic carbocycles. The summed E-state index contributed by atoms with van der Waals surface area (Å²) >= 11 is 0. The quantitative estimate of drug-likeness (QED) is 0.865. The van der Waals surface area contributed by atoms with Gasteiger partial charge in [-0.1, -0.05) is 6.07 Å². The fraction of sp³-hybridized carbons (Fsp3) is 0.500. The van der Waals surface area contributed by atoms with Crippen LogP contribution in [0.1, 0.15) is 15.9 Å². The molecule has 7 heteroatoms. The molecule has 2 rings (SSSR count). The highest BCUT2D eigenvalue weighted by Gasteiger charge is 2.22. The predicted octanol–water partition coefficient (Wildman–Crippen LogP) is 0.799. The van der Waals surface area contributed by atoms with Gasteiger partial charge in [0.25, 0.3) is 0 Å². The van der Waals surface area contributed by atoms with Crippen LogP contribution < -0.4 is 0 Å². The maximum absolute atomic E-state index is 12.4. The summed E-state index contributed by atoms with van der Waals surface area (Å²) in [5.41, 5.74) is 0.328. The number of carbonyl (C=O) groups is 1. The van der Waals surface area contributed by atoms with Crippen molar-refractivity contribution < 1.29 is 23.1 Å². The van der Waals surface area contributed by atoms with Crippen molar-refractivity contribution in [3.63, 3.8) is 0 Å². The van der Waals surface area contributed by atoms with Gasteiger partial charge in [-0.3, -0.25) is 4.90 Å². The summed E-state index contributed by atoms with van der Waals surface area (Å²) in [7, 11) is -3.49. The monoisotopic (exact) mass is 313 g/mol. The summed E-state index contributed by atoms with van der Waals surface area (Å²) in [4.78, 5) is 13.2. The van der Waals surface area contributed by atoms with Crippen molar-refractivity contribution in [1.29, 1.82) is 0 Å². The van der Waals surface area contributed by atoms with Gasteiger partial charge in [0, 0.05) is 19.6 Å². The molecule has 1 fully saturated rings. The largest absolute Gasteiger partial charge is 0.478 e. The highest BCUT2D eigenvalue weighted by Crippen LogP contribution is 2.20. The summed E-state index contributed by atoms with van der Waals surface area (Å²) in [6, 6.07) is 4.35. The van der Waals surface area contributed by atoms with E-state index in [4.69, 9.17) is 9.84 Å². The highest BCUT2D eigenvalue weighted by atomic mass is 32.2. The third-order valence-electron chi connectivity index (χ3n) is 3.63. The van der Waals surface area contributed by atoms with Gasteiger partial charge >= 0.3 is 5.97 Å². The third kappa shape index (κ3) is 3.81. The molecule has 0 atom stereocenters. The minimum atomic E-state index is -3.49. The second kappa shape index (κ2) is 6.55. The average Bonchev–Trinajstić information content (AvgIpc) is 2.46. The number of rotatable bonds is 5. The van der Waals surface area contributed by atoms with Crippen LogP contribution in [0.5, 0.6) is 0 Å². The molecule has 0 bridgehead atoms. The third-order valence-corrected chi connectivity index (χ3v) is 5.46. The molecule has 1 saturated heterocycles. The van der Waals surface area contributed by atoms with Gasteiger partial charge < -0.3 is 9.84 Å². The van der Waals surface area contributed by atoms with E-state index >= 15 is 0 Å². The van der Waals surface area contributed by atoms with Crippen molar-refractivity contribution in [2.24, 2.45) is 0 Å². The molecule has 0 radical (unpaired) electrons. The lowest BCUT2D eigenvalue weighted by Crippen LogP contribution is -2.39. The zero-order valence-electron chi connectivity index (χ0n) is 11.9. The molecule has 1 aliphatic heterocycles. The molecule has 21 heavy (non-hydrogen) atoms. The molecule has 1 aliphatic rings. The van der Waals surface area contributed by atoms with E-state index in [2.05, 4.69) is 0 Å². The number of benzene rings is 1. The van der Waals surface area contributed by atoms with E-state index in [1.165, 1.54) is 25.1 Å². The van der Waals surface area contributed by atoms with E-state index in [0.717, 1.165) is 13.1 Å². The van der Waals surface area contributed by atoms with Gasteiger partial charge in [-0.05, 0) is 24.6 Å². The number of morpholine rings is 1.